The summed E-state index contributed by atoms with van der Waals surface area (Å²) in [5.41, 5.74) is 2.22. The van der Waals surface area contributed by atoms with Crippen molar-refractivity contribution in [1.82, 2.24) is 14.6 Å². The fourth-order valence-corrected chi connectivity index (χ4v) is 4.30. The van der Waals surface area contributed by atoms with Gasteiger partial charge >= 0.3 is 0 Å². The fourth-order valence-electron chi connectivity index (χ4n) is 3.18. The van der Waals surface area contributed by atoms with E-state index in [2.05, 4.69) is 10.3 Å². The van der Waals surface area contributed by atoms with Crippen LogP contribution >= 0.6 is 0 Å². The Labute approximate surface area is 135 Å². The number of amides is 1. The summed E-state index contributed by atoms with van der Waals surface area (Å²) in [5, 5.41) is 4.02. The predicted molar refractivity (Wildman–Crippen MR) is 89.6 cm³/mol. The first-order valence-electron chi connectivity index (χ1n) is 7.76. The number of carbonyl (C=O) groups excluding carboxylic acids is 1. The third-order valence-corrected chi connectivity index (χ3v) is 5.59. The molecule has 0 radical (unpaired) electrons. The van der Waals surface area contributed by atoms with Crippen molar-refractivity contribution < 1.29 is 13.2 Å². The van der Waals surface area contributed by atoms with Gasteiger partial charge in [-0.3, -0.25) is 4.79 Å². The van der Waals surface area contributed by atoms with Gasteiger partial charge in [-0.05, 0) is 30.9 Å². The highest BCUT2D eigenvalue weighted by molar-refractivity contribution is 7.88. The van der Waals surface area contributed by atoms with Crippen LogP contribution in [0.1, 0.15) is 18.4 Å². The summed E-state index contributed by atoms with van der Waals surface area (Å²) >= 11 is 0. The van der Waals surface area contributed by atoms with Crippen LogP contribution in [0, 0.1) is 0 Å². The molecule has 1 aromatic heterocycles. The maximum absolute atomic E-state index is 12.3. The van der Waals surface area contributed by atoms with Crippen molar-refractivity contribution in [2.45, 2.75) is 25.3 Å². The fraction of sp³-hybridized carbons (Fsp3) is 0.438. The zero-order valence-electron chi connectivity index (χ0n) is 13.1. The number of hydrogen-bond acceptors (Lipinski definition) is 3. The van der Waals surface area contributed by atoms with Crippen molar-refractivity contribution >= 4 is 26.8 Å². The normalized spacial score (nSPS) is 19.3. The molecule has 23 heavy (non-hydrogen) atoms. The number of hydrogen-bond donors (Lipinski definition) is 2. The minimum Gasteiger partial charge on any atom is -0.361 e. The lowest BCUT2D eigenvalue weighted by Gasteiger charge is -2.21. The average Bonchev–Trinajstić information content (AvgIpc) is 3.13. The third-order valence-electron chi connectivity index (χ3n) is 4.30. The number of sulfonamides is 1. The second-order valence-electron chi connectivity index (χ2n) is 5.93. The van der Waals surface area contributed by atoms with Gasteiger partial charge in [-0.25, -0.2) is 8.42 Å². The zero-order valence-corrected chi connectivity index (χ0v) is 13.9. The summed E-state index contributed by atoms with van der Waals surface area (Å²) in [7, 11) is -3.33. The molecule has 0 saturated carbocycles. The van der Waals surface area contributed by atoms with Gasteiger partial charge in [-0.1, -0.05) is 18.2 Å². The second kappa shape index (κ2) is 6.33. The lowest BCUT2D eigenvalue weighted by molar-refractivity contribution is -0.124. The van der Waals surface area contributed by atoms with E-state index in [9.17, 15) is 13.2 Å². The maximum Gasteiger partial charge on any atom is 0.238 e. The van der Waals surface area contributed by atoms with Crippen LogP contribution in [0.2, 0.25) is 0 Å². The lowest BCUT2D eigenvalue weighted by atomic mass is 10.1. The molecule has 1 atom stereocenters. The molecule has 2 heterocycles. The van der Waals surface area contributed by atoms with Gasteiger partial charge in [0.15, 0.2) is 0 Å². The molecule has 1 fully saturated rings. The Hall–Kier alpha value is -1.86. The van der Waals surface area contributed by atoms with Gasteiger partial charge in [0, 0.05) is 30.2 Å². The Morgan fingerprint density at radius 1 is 1.39 bits per heavy atom. The van der Waals surface area contributed by atoms with Crippen molar-refractivity contribution in [3.63, 3.8) is 0 Å². The Morgan fingerprint density at radius 2 is 2.17 bits per heavy atom. The summed E-state index contributed by atoms with van der Waals surface area (Å²) in [6, 6.07) is 7.46. The number of rotatable bonds is 5. The first kappa shape index (κ1) is 16.0. The van der Waals surface area contributed by atoms with Crippen molar-refractivity contribution in [1.29, 1.82) is 0 Å². The number of carbonyl (C=O) groups is 1. The van der Waals surface area contributed by atoms with Crippen LogP contribution in [0.5, 0.6) is 0 Å². The molecule has 0 spiro atoms. The van der Waals surface area contributed by atoms with Crippen molar-refractivity contribution in [2.24, 2.45) is 0 Å². The number of nitrogens with one attached hydrogen (secondary N) is 2. The molecule has 1 amide bonds. The lowest BCUT2D eigenvalue weighted by Crippen LogP contribution is -2.45. The molecule has 1 aromatic carbocycles. The molecular formula is C16H21N3O3S. The molecule has 3 rings (SSSR count). The van der Waals surface area contributed by atoms with E-state index in [1.165, 1.54) is 4.31 Å². The van der Waals surface area contributed by atoms with E-state index in [1.807, 2.05) is 30.5 Å². The molecule has 2 N–H and O–H groups in total. The molecule has 1 aliphatic heterocycles. The van der Waals surface area contributed by atoms with E-state index in [-0.39, 0.29) is 5.91 Å². The smallest absolute Gasteiger partial charge is 0.238 e. The second-order valence-corrected chi connectivity index (χ2v) is 7.87. The molecule has 6 nitrogen and oxygen atoms in total. The van der Waals surface area contributed by atoms with Gasteiger partial charge in [-0.15, -0.1) is 0 Å². The van der Waals surface area contributed by atoms with Crippen LogP contribution < -0.4 is 5.32 Å². The minimum atomic E-state index is -3.33. The van der Waals surface area contributed by atoms with Gasteiger partial charge < -0.3 is 10.3 Å². The highest BCUT2D eigenvalue weighted by Crippen LogP contribution is 2.21. The maximum atomic E-state index is 12.3. The Kier molecular flexibility index (Phi) is 4.41. The van der Waals surface area contributed by atoms with Gasteiger partial charge in [0.05, 0.1) is 6.26 Å². The standard InChI is InChI=1S/C16H21N3O3S/c1-23(21,22)19-10-4-7-15(19)16(20)17-9-8-12-11-18-14-6-3-2-5-13(12)14/h2-3,5-6,11,15,18H,4,7-10H2,1H3,(H,17,20). The number of para-hydroxylation sites is 1. The molecule has 0 bridgehead atoms. The molecular weight excluding hydrogens is 314 g/mol. The van der Waals surface area contributed by atoms with Crippen molar-refractivity contribution in [3.05, 3.63) is 36.0 Å². The summed E-state index contributed by atoms with van der Waals surface area (Å²) in [6.45, 7) is 0.925. The van der Waals surface area contributed by atoms with Gasteiger partial charge in [-0.2, -0.15) is 4.31 Å². The van der Waals surface area contributed by atoms with Crippen LogP contribution in [0.15, 0.2) is 30.5 Å². The molecule has 1 aliphatic rings. The van der Waals surface area contributed by atoms with Gasteiger partial charge in [0.25, 0.3) is 0 Å². The van der Waals surface area contributed by atoms with Crippen LogP contribution in [-0.2, 0) is 21.2 Å². The zero-order chi connectivity index (χ0) is 16.4. The molecule has 2 aromatic rings. The van der Waals surface area contributed by atoms with E-state index >= 15 is 0 Å². The largest absolute Gasteiger partial charge is 0.361 e. The van der Waals surface area contributed by atoms with Crippen LogP contribution in [0.4, 0.5) is 0 Å². The Balaban J connectivity index is 1.59. The average molecular weight is 335 g/mol. The van der Waals surface area contributed by atoms with Gasteiger partial charge in [0.1, 0.15) is 6.04 Å². The van der Waals surface area contributed by atoms with Crippen LogP contribution in [-0.4, -0.2) is 49.0 Å². The third kappa shape index (κ3) is 3.40. The topological polar surface area (TPSA) is 82.3 Å². The van der Waals surface area contributed by atoms with E-state index < -0.39 is 16.1 Å². The van der Waals surface area contributed by atoms with Crippen molar-refractivity contribution in [3.8, 4) is 0 Å². The van der Waals surface area contributed by atoms with Crippen LogP contribution in [0.3, 0.4) is 0 Å². The predicted octanol–water partition coefficient (Wildman–Crippen LogP) is 1.25. The van der Waals surface area contributed by atoms with E-state index in [4.69, 9.17) is 0 Å². The van der Waals surface area contributed by atoms with E-state index in [0.717, 1.165) is 29.1 Å². The molecule has 1 unspecified atom stereocenters. The van der Waals surface area contributed by atoms with Gasteiger partial charge in [0.2, 0.25) is 15.9 Å². The quantitative estimate of drug-likeness (QED) is 0.863. The number of fused-ring (bicyclic) bond motifs is 1. The summed E-state index contributed by atoms with van der Waals surface area (Å²) < 4.78 is 24.7. The number of benzene rings is 1. The van der Waals surface area contributed by atoms with E-state index in [0.29, 0.717) is 25.9 Å². The molecule has 0 aliphatic carbocycles. The summed E-state index contributed by atoms with van der Waals surface area (Å²) in [6.07, 6.45) is 5.14. The Morgan fingerprint density at radius 3 is 2.96 bits per heavy atom. The van der Waals surface area contributed by atoms with Crippen LogP contribution in [0.25, 0.3) is 10.9 Å². The number of aromatic amines is 1. The van der Waals surface area contributed by atoms with Crippen molar-refractivity contribution in [2.75, 3.05) is 19.3 Å². The number of nitrogens with zero attached hydrogens (tertiary/aromatic N) is 1. The minimum absolute atomic E-state index is 0.201. The first-order valence-corrected chi connectivity index (χ1v) is 9.61. The number of H-pyrrole nitrogens is 1. The molecule has 7 heteroatoms. The van der Waals surface area contributed by atoms with E-state index in [1.54, 1.807) is 0 Å². The number of aromatic nitrogens is 1. The monoisotopic (exact) mass is 335 g/mol. The Bertz CT molecular complexity index is 813. The highest BCUT2D eigenvalue weighted by atomic mass is 32.2. The first-order chi connectivity index (χ1) is 11.0. The summed E-state index contributed by atoms with van der Waals surface area (Å²) in [5.74, 6) is -0.201. The SMILES string of the molecule is CS(=O)(=O)N1CCCC1C(=O)NCCc1c[nH]c2ccccc12. The molecule has 1 saturated heterocycles. The molecule has 124 valence electrons. The highest BCUT2D eigenvalue weighted by Gasteiger charge is 2.36. The summed E-state index contributed by atoms with van der Waals surface area (Å²) in [4.78, 5) is 15.5.